The summed E-state index contributed by atoms with van der Waals surface area (Å²) in [6.07, 6.45) is 0. The lowest BCUT2D eigenvalue weighted by atomic mass is 10.1. The average molecular weight is 234 g/mol. The Morgan fingerprint density at radius 2 is 1.71 bits per heavy atom. The monoisotopic (exact) mass is 234 g/mol. The van der Waals surface area contributed by atoms with Gasteiger partial charge in [0.2, 0.25) is 5.75 Å². The molecule has 0 aliphatic carbocycles. The fraction of sp³-hybridized carbons (Fsp3) is 0.250. The van der Waals surface area contributed by atoms with Gasteiger partial charge in [-0.2, -0.15) is 0 Å². The van der Waals surface area contributed by atoms with E-state index in [1.165, 1.54) is 0 Å². The number of pyridine rings is 1. The predicted octanol–water partition coefficient (Wildman–Crippen LogP) is 1.84. The largest absolute Gasteiger partial charge is 0.493 e. The van der Waals surface area contributed by atoms with Crippen molar-refractivity contribution in [3.8, 4) is 17.2 Å². The summed E-state index contributed by atoms with van der Waals surface area (Å²) in [6, 6.07) is 5.34. The van der Waals surface area contributed by atoms with Gasteiger partial charge in [0.15, 0.2) is 11.5 Å². The van der Waals surface area contributed by atoms with Gasteiger partial charge < -0.3 is 19.9 Å². The van der Waals surface area contributed by atoms with Crippen molar-refractivity contribution in [1.82, 2.24) is 4.98 Å². The number of methoxy groups -OCH3 is 3. The van der Waals surface area contributed by atoms with Crippen molar-refractivity contribution in [1.29, 1.82) is 0 Å². The van der Waals surface area contributed by atoms with E-state index in [4.69, 9.17) is 19.9 Å². The number of hydrogen-bond donors (Lipinski definition) is 1. The molecular weight excluding hydrogens is 220 g/mol. The highest BCUT2D eigenvalue weighted by atomic mass is 16.5. The molecule has 0 spiro atoms. The van der Waals surface area contributed by atoms with Crippen LogP contribution in [0.1, 0.15) is 0 Å². The molecule has 2 N–H and O–H groups in total. The van der Waals surface area contributed by atoms with Gasteiger partial charge in [-0.15, -0.1) is 0 Å². The van der Waals surface area contributed by atoms with Gasteiger partial charge in [0.05, 0.1) is 26.8 Å². The van der Waals surface area contributed by atoms with Crippen molar-refractivity contribution < 1.29 is 14.2 Å². The molecule has 0 aliphatic rings. The first-order valence-corrected chi connectivity index (χ1v) is 5.06. The summed E-state index contributed by atoms with van der Waals surface area (Å²) in [5.41, 5.74) is 6.36. The fourth-order valence-electron chi connectivity index (χ4n) is 1.76. The zero-order chi connectivity index (χ0) is 12.4. The first-order valence-electron chi connectivity index (χ1n) is 5.06. The Morgan fingerprint density at radius 3 is 2.29 bits per heavy atom. The molecule has 0 saturated carbocycles. The number of ether oxygens (including phenoxy) is 3. The van der Waals surface area contributed by atoms with Gasteiger partial charge in [-0.25, -0.2) is 4.98 Å². The van der Waals surface area contributed by atoms with Crippen molar-refractivity contribution in [2.75, 3.05) is 27.1 Å². The van der Waals surface area contributed by atoms with Crippen LogP contribution in [0, 0.1) is 0 Å². The van der Waals surface area contributed by atoms with Gasteiger partial charge in [0.1, 0.15) is 5.82 Å². The Morgan fingerprint density at radius 1 is 1.00 bits per heavy atom. The zero-order valence-corrected chi connectivity index (χ0v) is 9.98. The third-order valence-corrected chi connectivity index (χ3v) is 2.52. The van der Waals surface area contributed by atoms with E-state index >= 15 is 0 Å². The molecule has 0 bridgehead atoms. The van der Waals surface area contributed by atoms with E-state index in [-0.39, 0.29) is 0 Å². The Kier molecular flexibility index (Phi) is 2.91. The normalized spacial score (nSPS) is 10.3. The molecule has 5 heteroatoms. The quantitative estimate of drug-likeness (QED) is 0.877. The smallest absolute Gasteiger partial charge is 0.204 e. The summed E-state index contributed by atoms with van der Waals surface area (Å²) < 4.78 is 15.9. The van der Waals surface area contributed by atoms with E-state index in [1.54, 1.807) is 33.5 Å². The molecule has 90 valence electrons. The molecule has 2 rings (SSSR count). The standard InChI is InChI=1S/C12H14N2O3/c1-15-9-6-8-7(4-5-10(13)14-8)11(16-2)12(9)17-3/h4-6H,1-3H3,(H2,13,14). The molecule has 1 heterocycles. The summed E-state index contributed by atoms with van der Waals surface area (Å²) in [7, 11) is 4.71. The van der Waals surface area contributed by atoms with Crippen LogP contribution in [-0.4, -0.2) is 26.3 Å². The second-order valence-electron chi connectivity index (χ2n) is 3.45. The fourth-order valence-corrected chi connectivity index (χ4v) is 1.76. The number of hydrogen-bond acceptors (Lipinski definition) is 5. The van der Waals surface area contributed by atoms with Crippen molar-refractivity contribution in [3.63, 3.8) is 0 Å². The zero-order valence-electron chi connectivity index (χ0n) is 9.98. The number of fused-ring (bicyclic) bond motifs is 1. The maximum Gasteiger partial charge on any atom is 0.204 e. The van der Waals surface area contributed by atoms with Gasteiger partial charge >= 0.3 is 0 Å². The first-order chi connectivity index (χ1) is 8.21. The second kappa shape index (κ2) is 4.37. The van der Waals surface area contributed by atoms with Crippen LogP contribution in [0.4, 0.5) is 5.82 Å². The third kappa shape index (κ3) is 1.80. The molecule has 0 saturated heterocycles. The third-order valence-electron chi connectivity index (χ3n) is 2.52. The number of nitrogens with two attached hydrogens (primary N) is 1. The number of benzene rings is 1. The summed E-state index contributed by atoms with van der Waals surface area (Å²) in [6.45, 7) is 0. The van der Waals surface area contributed by atoms with Gasteiger partial charge in [0, 0.05) is 11.5 Å². The van der Waals surface area contributed by atoms with Crippen LogP contribution in [0.3, 0.4) is 0 Å². The van der Waals surface area contributed by atoms with Crippen molar-refractivity contribution in [2.24, 2.45) is 0 Å². The molecule has 0 atom stereocenters. The highest BCUT2D eigenvalue weighted by Crippen LogP contribution is 2.42. The van der Waals surface area contributed by atoms with E-state index in [1.807, 2.05) is 6.07 Å². The van der Waals surface area contributed by atoms with Crippen LogP contribution in [0.15, 0.2) is 18.2 Å². The topological polar surface area (TPSA) is 66.6 Å². The summed E-state index contributed by atoms with van der Waals surface area (Å²) in [5.74, 6) is 2.16. The van der Waals surface area contributed by atoms with Gasteiger partial charge in [-0.1, -0.05) is 0 Å². The molecule has 5 nitrogen and oxygen atoms in total. The number of nitrogen functional groups attached to an aromatic ring is 1. The maximum atomic E-state index is 5.65. The van der Waals surface area contributed by atoms with Crippen molar-refractivity contribution >= 4 is 16.7 Å². The minimum Gasteiger partial charge on any atom is -0.493 e. The van der Waals surface area contributed by atoms with E-state index in [0.717, 1.165) is 5.39 Å². The molecule has 17 heavy (non-hydrogen) atoms. The molecule has 2 aromatic rings. The number of anilines is 1. The lowest BCUT2D eigenvalue weighted by Crippen LogP contribution is -1.97. The van der Waals surface area contributed by atoms with Gasteiger partial charge in [-0.3, -0.25) is 0 Å². The Bertz CT molecular complexity index is 555. The number of aromatic nitrogens is 1. The predicted molar refractivity (Wildman–Crippen MR) is 65.8 cm³/mol. The van der Waals surface area contributed by atoms with Crippen LogP contribution < -0.4 is 19.9 Å². The molecule has 0 unspecified atom stereocenters. The van der Waals surface area contributed by atoms with Crippen LogP contribution in [0.25, 0.3) is 10.9 Å². The van der Waals surface area contributed by atoms with Crippen LogP contribution in [0.2, 0.25) is 0 Å². The van der Waals surface area contributed by atoms with E-state index < -0.39 is 0 Å². The Balaban J connectivity index is 2.83. The van der Waals surface area contributed by atoms with Crippen LogP contribution >= 0.6 is 0 Å². The second-order valence-corrected chi connectivity index (χ2v) is 3.45. The summed E-state index contributed by atoms with van der Waals surface area (Å²) in [5, 5.41) is 0.833. The van der Waals surface area contributed by atoms with Gasteiger partial charge in [0.25, 0.3) is 0 Å². The molecule has 1 aromatic carbocycles. The van der Waals surface area contributed by atoms with E-state index in [0.29, 0.717) is 28.6 Å². The SMILES string of the molecule is COc1cc2nc(N)ccc2c(OC)c1OC. The number of nitrogens with zero attached hydrogens (tertiary/aromatic N) is 1. The summed E-state index contributed by atoms with van der Waals surface area (Å²) >= 11 is 0. The highest BCUT2D eigenvalue weighted by molar-refractivity contribution is 5.91. The number of rotatable bonds is 3. The maximum absolute atomic E-state index is 5.65. The lowest BCUT2D eigenvalue weighted by molar-refractivity contribution is 0.327. The van der Waals surface area contributed by atoms with E-state index in [9.17, 15) is 0 Å². The minimum absolute atomic E-state index is 0.451. The Hall–Kier alpha value is -2.17. The molecule has 0 amide bonds. The molecule has 0 aliphatic heterocycles. The van der Waals surface area contributed by atoms with Crippen molar-refractivity contribution in [2.45, 2.75) is 0 Å². The minimum atomic E-state index is 0.451. The molecule has 1 aromatic heterocycles. The van der Waals surface area contributed by atoms with Crippen LogP contribution in [0.5, 0.6) is 17.2 Å². The molecular formula is C12H14N2O3. The molecule has 0 radical (unpaired) electrons. The first kappa shape index (κ1) is 11.3. The molecule has 0 fully saturated rings. The average Bonchev–Trinajstić information content (AvgIpc) is 2.35. The Labute approximate surface area is 99.1 Å². The highest BCUT2D eigenvalue weighted by Gasteiger charge is 2.16. The summed E-state index contributed by atoms with van der Waals surface area (Å²) in [4.78, 5) is 4.23. The van der Waals surface area contributed by atoms with Gasteiger partial charge in [-0.05, 0) is 12.1 Å². The van der Waals surface area contributed by atoms with E-state index in [2.05, 4.69) is 4.98 Å². The van der Waals surface area contributed by atoms with Crippen molar-refractivity contribution in [3.05, 3.63) is 18.2 Å². The lowest BCUT2D eigenvalue weighted by Gasteiger charge is -2.14. The van der Waals surface area contributed by atoms with Crippen LogP contribution in [-0.2, 0) is 0 Å².